The average Bonchev–Trinajstić information content (AvgIpc) is 2.74. The summed E-state index contributed by atoms with van der Waals surface area (Å²) in [4.78, 5) is 27.4. The first-order valence-corrected chi connectivity index (χ1v) is 10.0. The highest BCUT2D eigenvalue weighted by Gasteiger charge is 2.29. The Balaban J connectivity index is 2.33. The first-order chi connectivity index (χ1) is 13.6. The van der Waals surface area contributed by atoms with E-state index in [9.17, 15) is 9.59 Å². The predicted molar refractivity (Wildman–Crippen MR) is 112 cm³/mol. The second-order valence-corrected chi connectivity index (χ2v) is 7.17. The third-order valence-electron chi connectivity index (χ3n) is 4.95. The lowest BCUT2D eigenvalue weighted by atomic mass is 9.89. The maximum absolute atomic E-state index is 13.7. The lowest BCUT2D eigenvalue weighted by molar-refractivity contribution is -0.146. The van der Waals surface area contributed by atoms with Crippen LogP contribution < -0.4 is 0 Å². The number of unbranched alkanes of at least 4 members (excludes halogenated alkanes) is 2. The van der Waals surface area contributed by atoms with Crippen LogP contribution in [0.2, 0.25) is 0 Å². The number of amides is 1. The molecule has 0 bridgehead atoms. The fourth-order valence-corrected chi connectivity index (χ4v) is 3.40. The zero-order valence-corrected chi connectivity index (χ0v) is 17.1. The number of nitrogens with zero attached hydrogens (tertiary/aromatic N) is 1. The van der Waals surface area contributed by atoms with E-state index in [2.05, 4.69) is 6.92 Å². The summed E-state index contributed by atoms with van der Waals surface area (Å²) < 4.78 is 4.87. The van der Waals surface area contributed by atoms with Crippen LogP contribution in [0.4, 0.5) is 0 Å². The predicted octanol–water partition coefficient (Wildman–Crippen LogP) is 4.65. The average molecular weight is 382 g/mol. The van der Waals surface area contributed by atoms with E-state index < -0.39 is 0 Å². The van der Waals surface area contributed by atoms with Crippen LogP contribution in [-0.2, 0) is 14.3 Å². The zero-order valence-electron chi connectivity index (χ0n) is 17.1. The lowest BCUT2D eigenvalue weighted by Crippen LogP contribution is -2.41. The molecule has 2 rings (SSSR count). The molecule has 28 heavy (non-hydrogen) atoms. The van der Waals surface area contributed by atoms with Gasteiger partial charge in [0.05, 0.1) is 18.9 Å². The summed E-state index contributed by atoms with van der Waals surface area (Å²) in [6.45, 7) is 4.96. The van der Waals surface area contributed by atoms with Gasteiger partial charge in [0.25, 0.3) is 0 Å². The first kappa shape index (κ1) is 21.7. The van der Waals surface area contributed by atoms with Gasteiger partial charge in [-0.25, -0.2) is 0 Å². The van der Waals surface area contributed by atoms with Crippen LogP contribution in [0.5, 0.6) is 0 Å². The van der Waals surface area contributed by atoms with Gasteiger partial charge >= 0.3 is 5.97 Å². The molecule has 0 aliphatic heterocycles. The molecule has 0 radical (unpaired) electrons. The molecule has 0 heterocycles. The molecule has 1 atom stereocenters. The Kier molecular flexibility index (Phi) is 8.73. The minimum Gasteiger partial charge on any atom is -0.469 e. The third-order valence-corrected chi connectivity index (χ3v) is 4.95. The van der Waals surface area contributed by atoms with E-state index in [1.165, 1.54) is 7.11 Å². The number of carbonyl (C=O) groups is 2. The molecule has 2 aromatic rings. The van der Waals surface area contributed by atoms with Crippen molar-refractivity contribution in [3.63, 3.8) is 0 Å². The van der Waals surface area contributed by atoms with E-state index in [1.54, 1.807) is 0 Å². The summed E-state index contributed by atoms with van der Waals surface area (Å²) >= 11 is 0. The molecule has 0 spiro atoms. The number of rotatable bonds is 10. The Hall–Kier alpha value is -2.62. The molecule has 0 aliphatic carbocycles. The monoisotopic (exact) mass is 381 g/mol. The van der Waals surface area contributed by atoms with Gasteiger partial charge in [-0.3, -0.25) is 9.59 Å². The molecule has 0 N–H and O–H groups in total. The van der Waals surface area contributed by atoms with E-state index in [0.29, 0.717) is 13.1 Å². The Morgan fingerprint density at radius 3 is 1.93 bits per heavy atom. The number of hydrogen-bond donors (Lipinski definition) is 0. The largest absolute Gasteiger partial charge is 0.469 e. The van der Waals surface area contributed by atoms with Gasteiger partial charge in [-0.05, 0) is 17.5 Å². The number of esters is 1. The number of methoxy groups -OCH3 is 1. The van der Waals surface area contributed by atoms with Crippen molar-refractivity contribution in [2.24, 2.45) is 5.92 Å². The van der Waals surface area contributed by atoms with Crippen molar-refractivity contribution >= 4 is 11.9 Å². The quantitative estimate of drug-likeness (QED) is 0.445. The van der Waals surface area contributed by atoms with Crippen molar-refractivity contribution in [3.05, 3.63) is 71.8 Å². The van der Waals surface area contributed by atoms with E-state index in [4.69, 9.17) is 4.74 Å². The van der Waals surface area contributed by atoms with Crippen LogP contribution in [0, 0.1) is 5.92 Å². The standard InChI is InChI=1S/C24H31NO3/c1-4-5-12-17-25(18-19(2)24(27)28-3)23(26)22(20-13-8-6-9-14-20)21-15-10-7-11-16-21/h6-11,13-16,19,22H,4-5,12,17-18H2,1-3H3. The highest BCUT2D eigenvalue weighted by atomic mass is 16.5. The Bertz CT molecular complexity index is 691. The maximum atomic E-state index is 13.7. The first-order valence-electron chi connectivity index (χ1n) is 10.0. The van der Waals surface area contributed by atoms with E-state index >= 15 is 0 Å². The third kappa shape index (κ3) is 5.95. The van der Waals surface area contributed by atoms with Crippen molar-refractivity contribution in [1.82, 2.24) is 4.90 Å². The molecule has 0 saturated carbocycles. The number of benzene rings is 2. The van der Waals surface area contributed by atoms with Crippen LogP contribution in [0.25, 0.3) is 0 Å². The highest BCUT2D eigenvalue weighted by Crippen LogP contribution is 2.27. The van der Waals surface area contributed by atoms with Gasteiger partial charge in [-0.2, -0.15) is 0 Å². The molecule has 0 aromatic heterocycles. The minimum atomic E-state index is -0.381. The molecule has 1 unspecified atom stereocenters. The van der Waals surface area contributed by atoms with Crippen LogP contribution in [-0.4, -0.2) is 37.0 Å². The van der Waals surface area contributed by atoms with Crippen LogP contribution in [0.15, 0.2) is 60.7 Å². The molecule has 150 valence electrons. The van der Waals surface area contributed by atoms with E-state index in [0.717, 1.165) is 30.4 Å². The van der Waals surface area contributed by atoms with Crippen LogP contribution in [0.3, 0.4) is 0 Å². The molecule has 2 aromatic carbocycles. The maximum Gasteiger partial charge on any atom is 0.310 e. The van der Waals surface area contributed by atoms with Crippen molar-refractivity contribution in [2.75, 3.05) is 20.2 Å². The summed E-state index contributed by atoms with van der Waals surface area (Å²) in [6, 6.07) is 19.7. The van der Waals surface area contributed by atoms with Crippen LogP contribution in [0.1, 0.15) is 50.2 Å². The van der Waals surface area contributed by atoms with Gasteiger partial charge in [0.15, 0.2) is 0 Å². The van der Waals surface area contributed by atoms with Gasteiger partial charge in [0.2, 0.25) is 5.91 Å². The number of ether oxygens (including phenoxy) is 1. The zero-order chi connectivity index (χ0) is 20.4. The summed E-state index contributed by atoms with van der Waals surface area (Å²) in [5.74, 6) is -0.995. The molecular weight excluding hydrogens is 350 g/mol. The smallest absolute Gasteiger partial charge is 0.310 e. The normalized spacial score (nSPS) is 11.9. The Morgan fingerprint density at radius 1 is 0.929 bits per heavy atom. The van der Waals surface area contributed by atoms with Gasteiger partial charge in [-0.15, -0.1) is 0 Å². The lowest BCUT2D eigenvalue weighted by Gasteiger charge is -2.29. The fraction of sp³-hybridized carbons (Fsp3) is 0.417. The van der Waals surface area contributed by atoms with E-state index in [-0.39, 0.29) is 23.7 Å². The van der Waals surface area contributed by atoms with E-state index in [1.807, 2.05) is 72.5 Å². The molecule has 0 saturated heterocycles. The second kappa shape index (κ2) is 11.3. The number of hydrogen-bond acceptors (Lipinski definition) is 3. The van der Waals surface area contributed by atoms with Crippen molar-refractivity contribution in [2.45, 2.75) is 39.0 Å². The summed E-state index contributed by atoms with van der Waals surface area (Å²) in [5.41, 5.74) is 1.93. The topological polar surface area (TPSA) is 46.6 Å². The van der Waals surface area contributed by atoms with Crippen molar-refractivity contribution in [3.8, 4) is 0 Å². The van der Waals surface area contributed by atoms with Gasteiger partial charge in [0.1, 0.15) is 0 Å². The second-order valence-electron chi connectivity index (χ2n) is 7.17. The molecule has 0 fully saturated rings. The molecular formula is C24H31NO3. The minimum absolute atomic E-state index is 0.0317. The highest BCUT2D eigenvalue weighted by molar-refractivity contribution is 5.87. The number of carbonyl (C=O) groups excluding carboxylic acids is 2. The summed E-state index contributed by atoms with van der Waals surface area (Å²) in [5, 5.41) is 0. The molecule has 1 amide bonds. The van der Waals surface area contributed by atoms with Gasteiger partial charge in [0, 0.05) is 13.1 Å². The summed E-state index contributed by atoms with van der Waals surface area (Å²) in [7, 11) is 1.39. The van der Waals surface area contributed by atoms with Gasteiger partial charge in [-0.1, -0.05) is 87.4 Å². The Morgan fingerprint density at radius 2 is 1.46 bits per heavy atom. The molecule has 4 heteroatoms. The molecule has 0 aliphatic rings. The van der Waals surface area contributed by atoms with Crippen molar-refractivity contribution < 1.29 is 14.3 Å². The Labute approximate surface area is 168 Å². The van der Waals surface area contributed by atoms with Crippen LogP contribution >= 0.6 is 0 Å². The van der Waals surface area contributed by atoms with Crippen molar-refractivity contribution in [1.29, 1.82) is 0 Å². The fourth-order valence-electron chi connectivity index (χ4n) is 3.40. The molecule has 4 nitrogen and oxygen atoms in total. The SMILES string of the molecule is CCCCCN(CC(C)C(=O)OC)C(=O)C(c1ccccc1)c1ccccc1. The summed E-state index contributed by atoms with van der Waals surface area (Å²) in [6.07, 6.45) is 3.06. The van der Waals surface area contributed by atoms with Gasteiger partial charge < -0.3 is 9.64 Å².